The predicted octanol–water partition coefficient (Wildman–Crippen LogP) is 3.15. The fourth-order valence-corrected chi connectivity index (χ4v) is 1.25. The van der Waals surface area contributed by atoms with E-state index in [0.29, 0.717) is 5.92 Å². The second-order valence-electron chi connectivity index (χ2n) is 5.54. The summed E-state index contributed by atoms with van der Waals surface area (Å²) in [6, 6.07) is 0. The first-order valence-corrected chi connectivity index (χ1v) is 4.84. The van der Waals surface area contributed by atoms with Crippen LogP contribution >= 0.6 is 0 Å². The van der Waals surface area contributed by atoms with Gasteiger partial charge in [-0.15, -0.1) is 0 Å². The Labute approximate surface area is 78.1 Å². The molecule has 0 heterocycles. The maximum absolute atomic E-state index is 2.45. The number of rotatable bonds is 2. The summed E-state index contributed by atoms with van der Waals surface area (Å²) in [6.07, 6.45) is 0. The van der Waals surface area contributed by atoms with Crippen molar-refractivity contribution in [1.29, 1.82) is 0 Å². The molecule has 0 spiro atoms. The molecule has 74 valence electrons. The van der Waals surface area contributed by atoms with Crippen LogP contribution in [-0.4, -0.2) is 23.0 Å². The molecular formula is C11H25N. The van der Waals surface area contributed by atoms with E-state index in [0.717, 1.165) is 0 Å². The molecule has 0 bridgehead atoms. The molecule has 0 aromatic rings. The van der Waals surface area contributed by atoms with Crippen molar-refractivity contribution in [2.24, 2.45) is 5.92 Å². The third-order valence-corrected chi connectivity index (χ3v) is 3.28. The first-order valence-electron chi connectivity index (χ1n) is 4.84. The molecule has 0 saturated carbocycles. The van der Waals surface area contributed by atoms with Crippen molar-refractivity contribution in [1.82, 2.24) is 4.90 Å². The van der Waals surface area contributed by atoms with Crippen molar-refractivity contribution in [2.75, 3.05) is 7.05 Å². The molecule has 0 saturated heterocycles. The smallest absolute Gasteiger partial charge is 0.0178 e. The standard InChI is InChI=1S/C11H25N/c1-9(2)11(6,7)12(8)10(3,4)5/h9H,1-8H3. The Morgan fingerprint density at radius 2 is 1.25 bits per heavy atom. The van der Waals surface area contributed by atoms with E-state index >= 15 is 0 Å². The average Bonchev–Trinajstić information content (AvgIpc) is 1.83. The Morgan fingerprint density at radius 3 is 1.33 bits per heavy atom. The van der Waals surface area contributed by atoms with E-state index in [2.05, 4.69) is 60.4 Å². The van der Waals surface area contributed by atoms with E-state index < -0.39 is 0 Å². The van der Waals surface area contributed by atoms with Gasteiger partial charge in [-0.05, 0) is 47.6 Å². The highest BCUT2D eigenvalue weighted by atomic mass is 15.2. The van der Waals surface area contributed by atoms with E-state index in [9.17, 15) is 0 Å². The molecule has 0 aliphatic rings. The molecule has 0 amide bonds. The summed E-state index contributed by atoms with van der Waals surface area (Å²) in [5.74, 6) is 0.682. The van der Waals surface area contributed by atoms with E-state index in [1.54, 1.807) is 0 Å². The minimum Gasteiger partial charge on any atom is -0.296 e. The summed E-state index contributed by atoms with van der Waals surface area (Å²) >= 11 is 0. The van der Waals surface area contributed by atoms with Crippen molar-refractivity contribution in [3.05, 3.63) is 0 Å². The highest BCUT2D eigenvalue weighted by Gasteiger charge is 2.33. The number of hydrogen-bond donors (Lipinski definition) is 0. The van der Waals surface area contributed by atoms with Crippen LogP contribution in [0.2, 0.25) is 0 Å². The fraction of sp³-hybridized carbons (Fsp3) is 1.00. The first-order chi connectivity index (χ1) is 5.10. The van der Waals surface area contributed by atoms with Crippen molar-refractivity contribution in [3.63, 3.8) is 0 Å². The summed E-state index contributed by atoms with van der Waals surface area (Å²) in [5, 5.41) is 0. The van der Waals surface area contributed by atoms with Crippen LogP contribution in [0.15, 0.2) is 0 Å². The van der Waals surface area contributed by atoms with Gasteiger partial charge in [0.15, 0.2) is 0 Å². The van der Waals surface area contributed by atoms with Crippen molar-refractivity contribution >= 4 is 0 Å². The Bertz CT molecular complexity index is 140. The second kappa shape index (κ2) is 3.37. The SMILES string of the molecule is CC(C)C(C)(C)N(C)C(C)(C)C. The van der Waals surface area contributed by atoms with E-state index in [1.807, 2.05) is 0 Å². The molecule has 0 N–H and O–H groups in total. The predicted molar refractivity (Wildman–Crippen MR) is 56.4 cm³/mol. The zero-order valence-corrected chi connectivity index (χ0v) is 10.0. The minimum atomic E-state index is 0.258. The molecule has 1 heteroatoms. The van der Waals surface area contributed by atoms with Crippen molar-refractivity contribution in [3.8, 4) is 0 Å². The third kappa shape index (κ3) is 2.48. The lowest BCUT2D eigenvalue weighted by atomic mass is 9.85. The summed E-state index contributed by atoms with van der Waals surface area (Å²) in [5.41, 5.74) is 0.534. The maximum atomic E-state index is 2.45. The van der Waals surface area contributed by atoms with Gasteiger partial charge < -0.3 is 0 Å². The van der Waals surface area contributed by atoms with E-state index in [4.69, 9.17) is 0 Å². The highest BCUT2D eigenvalue weighted by molar-refractivity contribution is 4.89. The first kappa shape index (κ1) is 12.0. The van der Waals surface area contributed by atoms with Gasteiger partial charge in [-0.25, -0.2) is 0 Å². The quantitative estimate of drug-likeness (QED) is 0.617. The van der Waals surface area contributed by atoms with Crippen LogP contribution in [0.25, 0.3) is 0 Å². The van der Waals surface area contributed by atoms with Crippen LogP contribution in [0.1, 0.15) is 48.5 Å². The molecule has 0 aliphatic heterocycles. The average molecular weight is 171 g/mol. The van der Waals surface area contributed by atoms with Crippen molar-refractivity contribution < 1.29 is 0 Å². The van der Waals surface area contributed by atoms with Crippen LogP contribution in [0.4, 0.5) is 0 Å². The van der Waals surface area contributed by atoms with Gasteiger partial charge in [0.1, 0.15) is 0 Å². The Balaban J connectivity index is 4.57. The molecule has 0 radical (unpaired) electrons. The lowest BCUT2D eigenvalue weighted by Crippen LogP contribution is -2.54. The number of nitrogens with zero attached hydrogens (tertiary/aromatic N) is 1. The topological polar surface area (TPSA) is 3.24 Å². The van der Waals surface area contributed by atoms with E-state index in [1.165, 1.54) is 0 Å². The molecule has 1 nitrogen and oxygen atoms in total. The normalized spacial score (nSPS) is 14.5. The van der Waals surface area contributed by atoms with Gasteiger partial charge in [-0.1, -0.05) is 13.8 Å². The molecule has 0 aliphatic carbocycles. The van der Waals surface area contributed by atoms with Crippen LogP contribution in [0, 0.1) is 5.92 Å². The Hall–Kier alpha value is -0.0400. The van der Waals surface area contributed by atoms with Gasteiger partial charge >= 0.3 is 0 Å². The summed E-state index contributed by atoms with van der Waals surface area (Å²) in [7, 11) is 2.21. The third-order valence-electron chi connectivity index (χ3n) is 3.28. The lowest BCUT2D eigenvalue weighted by molar-refractivity contribution is 0.0244. The second-order valence-corrected chi connectivity index (χ2v) is 5.54. The molecule has 0 aromatic carbocycles. The number of hydrogen-bond acceptors (Lipinski definition) is 1. The van der Waals surface area contributed by atoms with Crippen molar-refractivity contribution in [2.45, 2.75) is 59.5 Å². The molecule has 12 heavy (non-hydrogen) atoms. The monoisotopic (exact) mass is 171 g/mol. The molecule has 0 aromatic heterocycles. The van der Waals surface area contributed by atoms with Crippen LogP contribution < -0.4 is 0 Å². The summed E-state index contributed by atoms with van der Waals surface area (Å²) < 4.78 is 0. The summed E-state index contributed by atoms with van der Waals surface area (Å²) in [4.78, 5) is 2.45. The van der Waals surface area contributed by atoms with Crippen LogP contribution in [0.5, 0.6) is 0 Å². The summed E-state index contributed by atoms with van der Waals surface area (Å²) in [6.45, 7) is 16.0. The van der Waals surface area contributed by atoms with Gasteiger partial charge in [0.2, 0.25) is 0 Å². The zero-order valence-electron chi connectivity index (χ0n) is 10.0. The maximum Gasteiger partial charge on any atom is 0.0178 e. The fourth-order valence-electron chi connectivity index (χ4n) is 1.25. The van der Waals surface area contributed by atoms with Gasteiger partial charge in [0.05, 0.1) is 0 Å². The van der Waals surface area contributed by atoms with Gasteiger partial charge in [-0.3, -0.25) is 4.90 Å². The Morgan fingerprint density at radius 1 is 0.917 bits per heavy atom. The Kier molecular flexibility index (Phi) is 3.36. The van der Waals surface area contributed by atoms with Crippen LogP contribution in [0.3, 0.4) is 0 Å². The molecule has 0 unspecified atom stereocenters. The molecule has 0 fully saturated rings. The van der Waals surface area contributed by atoms with Gasteiger partial charge in [0, 0.05) is 11.1 Å². The lowest BCUT2D eigenvalue weighted by Gasteiger charge is -2.47. The van der Waals surface area contributed by atoms with E-state index in [-0.39, 0.29) is 11.1 Å². The molecule has 0 atom stereocenters. The minimum absolute atomic E-state index is 0.258. The molecular weight excluding hydrogens is 146 g/mol. The zero-order chi connectivity index (χ0) is 10.2. The largest absolute Gasteiger partial charge is 0.296 e. The molecule has 0 rings (SSSR count). The van der Waals surface area contributed by atoms with Crippen LogP contribution in [-0.2, 0) is 0 Å². The van der Waals surface area contributed by atoms with Gasteiger partial charge in [-0.2, -0.15) is 0 Å². The van der Waals surface area contributed by atoms with Gasteiger partial charge in [0.25, 0.3) is 0 Å². The highest BCUT2D eigenvalue weighted by Crippen LogP contribution is 2.28.